The van der Waals surface area contributed by atoms with Crippen LogP contribution < -0.4 is 15.6 Å². The predicted octanol–water partition coefficient (Wildman–Crippen LogP) is 1.94. The second-order valence-corrected chi connectivity index (χ2v) is 7.36. The molecule has 0 radical (unpaired) electrons. The van der Waals surface area contributed by atoms with Crippen molar-refractivity contribution in [2.75, 3.05) is 5.43 Å². The molecule has 1 aliphatic rings. The van der Waals surface area contributed by atoms with Crippen LogP contribution in [-0.2, 0) is 16.2 Å². The molecule has 0 atom stereocenters. The first-order chi connectivity index (χ1) is 12.5. The molecule has 1 aromatic carbocycles. The molecule has 27 heavy (non-hydrogen) atoms. The standard InChI is InChI=1S/C14H8ClF3N4O4S/c15-10-3-6(14(16,17)18)5-19-11(10)21-22-27(25,26)7-1-2-8-9(4-7)13(24)20-12(8)23/h1-5,22H,(H,19,21)(H,20,23,24). The first-order valence-corrected chi connectivity index (χ1v) is 8.85. The second kappa shape index (κ2) is 6.48. The van der Waals surface area contributed by atoms with Gasteiger partial charge >= 0.3 is 6.18 Å². The molecule has 3 N–H and O–H groups in total. The number of hydrogen-bond acceptors (Lipinski definition) is 6. The van der Waals surface area contributed by atoms with Crippen LogP contribution in [0.5, 0.6) is 0 Å². The van der Waals surface area contributed by atoms with Gasteiger partial charge in [0.1, 0.15) is 0 Å². The Morgan fingerprint density at radius 1 is 1.07 bits per heavy atom. The van der Waals surface area contributed by atoms with Crippen LogP contribution >= 0.6 is 11.6 Å². The topological polar surface area (TPSA) is 117 Å². The number of imide groups is 1. The van der Waals surface area contributed by atoms with Crippen LogP contribution in [0.2, 0.25) is 5.02 Å². The lowest BCUT2D eigenvalue weighted by Gasteiger charge is -2.12. The van der Waals surface area contributed by atoms with Crippen molar-refractivity contribution >= 4 is 39.3 Å². The number of pyridine rings is 1. The fourth-order valence-corrected chi connectivity index (χ4v) is 3.26. The molecule has 0 unspecified atom stereocenters. The van der Waals surface area contributed by atoms with Gasteiger partial charge in [-0.05, 0) is 24.3 Å². The van der Waals surface area contributed by atoms with Crippen LogP contribution in [0.15, 0.2) is 35.4 Å². The van der Waals surface area contributed by atoms with Crippen LogP contribution in [0, 0.1) is 0 Å². The molecule has 2 amide bonds. The number of nitrogens with zero attached hydrogens (tertiary/aromatic N) is 1. The molecule has 0 aliphatic carbocycles. The number of carbonyl (C=O) groups excluding carboxylic acids is 2. The fourth-order valence-electron chi connectivity index (χ4n) is 2.17. The minimum atomic E-state index is -4.66. The van der Waals surface area contributed by atoms with E-state index in [0.29, 0.717) is 12.3 Å². The number of aromatic nitrogens is 1. The van der Waals surface area contributed by atoms with Gasteiger partial charge in [0, 0.05) is 6.20 Å². The van der Waals surface area contributed by atoms with E-state index in [9.17, 15) is 31.2 Å². The molecule has 3 rings (SSSR count). The number of rotatable bonds is 4. The molecule has 0 bridgehead atoms. The van der Waals surface area contributed by atoms with Crippen LogP contribution in [0.3, 0.4) is 0 Å². The van der Waals surface area contributed by atoms with Gasteiger partial charge in [-0.15, -0.1) is 4.83 Å². The summed E-state index contributed by atoms with van der Waals surface area (Å²) in [6.45, 7) is 0. The van der Waals surface area contributed by atoms with Gasteiger partial charge in [0.15, 0.2) is 5.82 Å². The largest absolute Gasteiger partial charge is 0.417 e. The van der Waals surface area contributed by atoms with E-state index in [0.717, 1.165) is 18.2 Å². The molecule has 1 aromatic heterocycles. The fraction of sp³-hybridized carbons (Fsp3) is 0.0714. The number of hydrazine groups is 1. The van der Waals surface area contributed by atoms with E-state index in [1.165, 1.54) is 0 Å². The van der Waals surface area contributed by atoms with Crippen LogP contribution in [0.25, 0.3) is 0 Å². The summed E-state index contributed by atoms with van der Waals surface area (Å²) in [7, 11) is -4.25. The van der Waals surface area contributed by atoms with Gasteiger partial charge in [0.05, 0.1) is 26.6 Å². The van der Waals surface area contributed by atoms with Gasteiger partial charge in [-0.25, -0.2) is 13.4 Å². The first-order valence-electron chi connectivity index (χ1n) is 6.99. The summed E-state index contributed by atoms with van der Waals surface area (Å²) in [5.41, 5.74) is 0.911. The van der Waals surface area contributed by atoms with E-state index in [4.69, 9.17) is 11.6 Å². The van der Waals surface area contributed by atoms with Crippen LogP contribution in [0.4, 0.5) is 19.0 Å². The van der Waals surface area contributed by atoms with Crippen molar-refractivity contribution in [2.45, 2.75) is 11.1 Å². The highest BCUT2D eigenvalue weighted by Gasteiger charge is 2.32. The SMILES string of the molecule is O=C1NC(=O)c2cc(S(=O)(=O)NNc3ncc(C(F)(F)F)cc3Cl)ccc21. The van der Waals surface area contributed by atoms with Crippen molar-refractivity contribution in [1.82, 2.24) is 15.1 Å². The highest BCUT2D eigenvalue weighted by molar-refractivity contribution is 7.89. The van der Waals surface area contributed by atoms with Crippen LogP contribution in [-0.4, -0.2) is 25.2 Å². The maximum Gasteiger partial charge on any atom is 0.417 e. The summed E-state index contributed by atoms with van der Waals surface area (Å²) in [6, 6.07) is 3.81. The lowest BCUT2D eigenvalue weighted by Crippen LogP contribution is -2.30. The molecule has 1 aliphatic heterocycles. The number of sulfonamides is 1. The Labute approximate surface area is 154 Å². The highest BCUT2D eigenvalue weighted by Crippen LogP contribution is 2.32. The minimum absolute atomic E-state index is 0.0272. The Morgan fingerprint density at radius 2 is 1.74 bits per heavy atom. The smallest absolute Gasteiger partial charge is 0.291 e. The van der Waals surface area contributed by atoms with Gasteiger partial charge in [-0.2, -0.15) is 13.2 Å². The number of carbonyl (C=O) groups is 2. The van der Waals surface area contributed by atoms with E-state index < -0.39 is 38.6 Å². The van der Waals surface area contributed by atoms with E-state index in [-0.39, 0.29) is 21.8 Å². The average molecular weight is 421 g/mol. The highest BCUT2D eigenvalue weighted by atomic mass is 35.5. The summed E-state index contributed by atoms with van der Waals surface area (Å²) in [5.74, 6) is -1.75. The van der Waals surface area contributed by atoms with Crippen molar-refractivity contribution in [3.05, 3.63) is 52.2 Å². The second-order valence-electron chi connectivity index (χ2n) is 5.27. The predicted molar refractivity (Wildman–Crippen MR) is 86.4 cm³/mol. The number of hydrogen-bond donors (Lipinski definition) is 3. The van der Waals surface area contributed by atoms with Crippen LogP contribution in [0.1, 0.15) is 26.3 Å². The molecule has 0 spiro atoms. The van der Waals surface area contributed by atoms with E-state index in [1.807, 2.05) is 10.1 Å². The summed E-state index contributed by atoms with van der Waals surface area (Å²) in [6.07, 6.45) is -4.18. The summed E-state index contributed by atoms with van der Waals surface area (Å²) >= 11 is 5.67. The molecule has 8 nitrogen and oxygen atoms in total. The van der Waals surface area contributed by atoms with Crippen molar-refractivity contribution < 1.29 is 31.2 Å². The first kappa shape index (κ1) is 19.1. The number of alkyl halides is 3. The third kappa shape index (κ3) is 3.72. The summed E-state index contributed by atoms with van der Waals surface area (Å²) < 4.78 is 62.3. The number of anilines is 1. The molecule has 13 heteroatoms. The van der Waals surface area contributed by atoms with Gasteiger partial charge in [0.25, 0.3) is 21.8 Å². The Hall–Kier alpha value is -2.70. The molecule has 2 heterocycles. The van der Waals surface area contributed by atoms with Crippen molar-refractivity contribution in [2.24, 2.45) is 0 Å². The molecule has 0 saturated carbocycles. The number of amides is 2. The normalized spacial score (nSPS) is 14.1. The zero-order chi connectivity index (χ0) is 20.0. The molecule has 142 valence electrons. The molecular formula is C14H8ClF3N4O4S. The van der Waals surface area contributed by atoms with Crippen molar-refractivity contribution in [3.8, 4) is 0 Å². The molecule has 0 fully saturated rings. The average Bonchev–Trinajstić information content (AvgIpc) is 2.87. The van der Waals surface area contributed by atoms with Crippen molar-refractivity contribution in [3.63, 3.8) is 0 Å². The summed E-state index contributed by atoms with van der Waals surface area (Å²) in [5, 5.41) is 1.55. The van der Waals surface area contributed by atoms with Gasteiger partial charge in [-0.3, -0.25) is 20.3 Å². The monoisotopic (exact) mass is 420 g/mol. The quantitative estimate of drug-likeness (QED) is 0.514. The minimum Gasteiger partial charge on any atom is -0.291 e. The van der Waals surface area contributed by atoms with Crippen molar-refractivity contribution in [1.29, 1.82) is 0 Å². The Kier molecular flexibility index (Phi) is 4.57. The van der Waals surface area contributed by atoms with Gasteiger partial charge in [0.2, 0.25) is 0 Å². The molecule has 2 aromatic rings. The number of nitrogens with one attached hydrogen (secondary N) is 3. The third-order valence-corrected chi connectivity index (χ3v) is 5.02. The molecule has 0 saturated heterocycles. The lowest BCUT2D eigenvalue weighted by molar-refractivity contribution is -0.137. The lowest BCUT2D eigenvalue weighted by atomic mass is 10.1. The molecular weight excluding hydrogens is 413 g/mol. The summed E-state index contributed by atoms with van der Waals surface area (Å²) in [4.78, 5) is 28.0. The van der Waals surface area contributed by atoms with E-state index >= 15 is 0 Å². The third-order valence-electron chi connectivity index (χ3n) is 3.49. The van der Waals surface area contributed by atoms with E-state index in [1.54, 1.807) is 0 Å². The number of benzene rings is 1. The Morgan fingerprint density at radius 3 is 2.37 bits per heavy atom. The van der Waals surface area contributed by atoms with Gasteiger partial charge in [-0.1, -0.05) is 11.6 Å². The maximum atomic E-state index is 12.6. The number of halogens is 4. The van der Waals surface area contributed by atoms with E-state index in [2.05, 4.69) is 10.4 Å². The maximum absolute atomic E-state index is 12.6. The Balaban J connectivity index is 1.81. The zero-order valence-corrected chi connectivity index (χ0v) is 14.5. The zero-order valence-electron chi connectivity index (χ0n) is 12.9. The Bertz CT molecular complexity index is 1070. The number of fused-ring (bicyclic) bond motifs is 1. The van der Waals surface area contributed by atoms with Gasteiger partial charge < -0.3 is 0 Å².